The van der Waals surface area contributed by atoms with Gasteiger partial charge in [-0.05, 0) is 44.4 Å². The van der Waals surface area contributed by atoms with Crippen molar-refractivity contribution in [3.8, 4) is 6.07 Å². The summed E-state index contributed by atoms with van der Waals surface area (Å²) in [5, 5.41) is 8.92. The first-order chi connectivity index (χ1) is 10.2. The number of ether oxygens (including phenoxy) is 1. The van der Waals surface area contributed by atoms with Crippen molar-refractivity contribution < 1.29 is 14.3 Å². The second kappa shape index (κ2) is 6.89. The average Bonchev–Trinajstić information content (AvgIpc) is 2.54. The van der Waals surface area contributed by atoms with Gasteiger partial charge in [0.25, 0.3) is 5.91 Å². The van der Waals surface area contributed by atoms with Gasteiger partial charge in [0.2, 0.25) is 0 Å². The zero-order chi connectivity index (χ0) is 15.2. The van der Waals surface area contributed by atoms with Crippen LogP contribution >= 0.6 is 0 Å². The van der Waals surface area contributed by atoms with Crippen LogP contribution in [0.4, 0.5) is 0 Å². The number of piperidine rings is 1. The third kappa shape index (κ3) is 3.40. The van der Waals surface area contributed by atoms with Gasteiger partial charge in [0.1, 0.15) is 6.04 Å². The number of hydrogen-bond donors (Lipinski definition) is 0. The van der Waals surface area contributed by atoms with Crippen LogP contribution in [0.3, 0.4) is 0 Å². The monoisotopic (exact) mass is 286 g/mol. The average molecular weight is 286 g/mol. The van der Waals surface area contributed by atoms with Crippen molar-refractivity contribution in [1.82, 2.24) is 4.90 Å². The van der Waals surface area contributed by atoms with Crippen LogP contribution in [0, 0.1) is 11.3 Å². The van der Waals surface area contributed by atoms with Crippen LogP contribution in [0.1, 0.15) is 42.1 Å². The standard InChI is InChI=1S/C16H18N2O3/c1-2-21-16(20)14-8-3-4-9-18(14)15(19)13-7-5-6-12(10-13)11-17/h5-7,10,14H,2-4,8-9H2,1H3. The van der Waals surface area contributed by atoms with E-state index in [4.69, 9.17) is 10.00 Å². The summed E-state index contributed by atoms with van der Waals surface area (Å²) in [6.45, 7) is 2.60. The van der Waals surface area contributed by atoms with E-state index in [2.05, 4.69) is 0 Å². The highest BCUT2D eigenvalue weighted by molar-refractivity contribution is 5.97. The molecule has 5 heteroatoms. The first-order valence-electron chi connectivity index (χ1n) is 7.15. The van der Waals surface area contributed by atoms with Crippen LogP contribution in [0.25, 0.3) is 0 Å². The van der Waals surface area contributed by atoms with Crippen molar-refractivity contribution in [2.45, 2.75) is 32.2 Å². The van der Waals surface area contributed by atoms with Crippen LogP contribution in [-0.4, -0.2) is 36.0 Å². The van der Waals surface area contributed by atoms with Gasteiger partial charge in [-0.15, -0.1) is 0 Å². The van der Waals surface area contributed by atoms with Crippen LogP contribution in [0.15, 0.2) is 24.3 Å². The summed E-state index contributed by atoms with van der Waals surface area (Å²) >= 11 is 0. The summed E-state index contributed by atoms with van der Waals surface area (Å²) in [4.78, 5) is 26.2. The Labute approximate surface area is 124 Å². The molecule has 1 aromatic carbocycles. The zero-order valence-corrected chi connectivity index (χ0v) is 12.0. The quantitative estimate of drug-likeness (QED) is 0.798. The minimum absolute atomic E-state index is 0.218. The molecule has 1 saturated heterocycles. The van der Waals surface area contributed by atoms with Crippen molar-refractivity contribution in [2.75, 3.05) is 13.2 Å². The number of carbonyl (C=O) groups excluding carboxylic acids is 2. The Bertz CT molecular complexity index is 577. The van der Waals surface area contributed by atoms with E-state index in [1.807, 2.05) is 6.07 Å². The molecule has 1 unspecified atom stereocenters. The van der Waals surface area contributed by atoms with Crippen LogP contribution in [0.5, 0.6) is 0 Å². The van der Waals surface area contributed by atoms with Crippen molar-refractivity contribution in [3.05, 3.63) is 35.4 Å². The summed E-state index contributed by atoms with van der Waals surface area (Å²) in [6, 6.07) is 8.05. The molecule has 1 aliphatic rings. The lowest BCUT2D eigenvalue weighted by Crippen LogP contribution is -2.48. The van der Waals surface area contributed by atoms with Crippen molar-refractivity contribution in [1.29, 1.82) is 5.26 Å². The molecule has 0 bridgehead atoms. The fraction of sp³-hybridized carbons (Fsp3) is 0.438. The van der Waals surface area contributed by atoms with E-state index >= 15 is 0 Å². The fourth-order valence-electron chi connectivity index (χ4n) is 2.55. The Morgan fingerprint density at radius 3 is 2.95 bits per heavy atom. The van der Waals surface area contributed by atoms with E-state index in [0.29, 0.717) is 30.7 Å². The normalized spacial score (nSPS) is 17.9. The number of nitrogens with zero attached hydrogens (tertiary/aromatic N) is 2. The lowest BCUT2D eigenvalue weighted by Gasteiger charge is -2.34. The molecule has 1 aromatic rings. The first kappa shape index (κ1) is 15.0. The maximum atomic E-state index is 12.6. The molecule has 0 spiro atoms. The molecule has 2 rings (SSSR count). The van der Waals surface area contributed by atoms with E-state index in [-0.39, 0.29) is 11.9 Å². The van der Waals surface area contributed by atoms with E-state index in [1.54, 1.807) is 36.1 Å². The second-order valence-electron chi connectivity index (χ2n) is 4.95. The lowest BCUT2D eigenvalue weighted by atomic mass is 10.0. The molecule has 1 aliphatic heterocycles. The second-order valence-corrected chi connectivity index (χ2v) is 4.95. The largest absolute Gasteiger partial charge is 0.464 e. The molecule has 5 nitrogen and oxygen atoms in total. The predicted molar refractivity (Wildman–Crippen MR) is 76.5 cm³/mol. The Hall–Kier alpha value is -2.35. The highest BCUT2D eigenvalue weighted by atomic mass is 16.5. The van der Waals surface area contributed by atoms with Gasteiger partial charge < -0.3 is 9.64 Å². The molecule has 1 fully saturated rings. The van der Waals surface area contributed by atoms with Crippen molar-refractivity contribution in [3.63, 3.8) is 0 Å². The van der Waals surface area contributed by atoms with Crippen LogP contribution < -0.4 is 0 Å². The molecule has 21 heavy (non-hydrogen) atoms. The van der Waals surface area contributed by atoms with Crippen LogP contribution in [0.2, 0.25) is 0 Å². The summed E-state index contributed by atoms with van der Waals surface area (Å²) in [5.74, 6) is -0.563. The number of amides is 1. The van der Waals surface area contributed by atoms with Gasteiger partial charge in [-0.2, -0.15) is 5.26 Å². The molecule has 0 radical (unpaired) electrons. The van der Waals surface area contributed by atoms with E-state index in [0.717, 1.165) is 12.8 Å². The zero-order valence-electron chi connectivity index (χ0n) is 12.0. The molecule has 1 heterocycles. The molecule has 0 aliphatic carbocycles. The van der Waals surface area contributed by atoms with Crippen molar-refractivity contribution in [2.24, 2.45) is 0 Å². The number of benzene rings is 1. The third-order valence-electron chi connectivity index (χ3n) is 3.56. The number of carbonyl (C=O) groups is 2. The molecular weight excluding hydrogens is 268 g/mol. The lowest BCUT2D eigenvalue weighted by molar-refractivity contribution is -0.149. The Kier molecular flexibility index (Phi) is 4.94. The number of esters is 1. The van der Waals surface area contributed by atoms with Gasteiger partial charge >= 0.3 is 5.97 Å². The SMILES string of the molecule is CCOC(=O)C1CCCCN1C(=O)c1cccc(C#N)c1. The molecule has 0 N–H and O–H groups in total. The Morgan fingerprint density at radius 2 is 2.24 bits per heavy atom. The number of likely N-dealkylation sites (tertiary alicyclic amines) is 1. The van der Waals surface area contributed by atoms with E-state index < -0.39 is 6.04 Å². The van der Waals surface area contributed by atoms with Gasteiger partial charge in [0.05, 0.1) is 18.2 Å². The van der Waals surface area contributed by atoms with Gasteiger partial charge in [-0.25, -0.2) is 4.79 Å². The molecular formula is C16H18N2O3. The van der Waals surface area contributed by atoms with E-state index in [1.165, 1.54) is 0 Å². The van der Waals surface area contributed by atoms with Gasteiger partial charge in [-0.3, -0.25) is 4.79 Å². The highest BCUT2D eigenvalue weighted by Crippen LogP contribution is 2.21. The summed E-state index contributed by atoms with van der Waals surface area (Å²) in [6.07, 6.45) is 2.41. The number of hydrogen-bond acceptors (Lipinski definition) is 4. The molecule has 0 aromatic heterocycles. The minimum atomic E-state index is -0.517. The smallest absolute Gasteiger partial charge is 0.328 e. The van der Waals surface area contributed by atoms with Gasteiger partial charge in [0, 0.05) is 12.1 Å². The maximum Gasteiger partial charge on any atom is 0.328 e. The summed E-state index contributed by atoms with van der Waals surface area (Å²) in [7, 11) is 0. The first-order valence-corrected chi connectivity index (χ1v) is 7.15. The van der Waals surface area contributed by atoms with Gasteiger partial charge in [-0.1, -0.05) is 6.07 Å². The summed E-state index contributed by atoms with van der Waals surface area (Å²) in [5.41, 5.74) is 0.871. The molecule has 1 atom stereocenters. The summed E-state index contributed by atoms with van der Waals surface area (Å²) < 4.78 is 5.06. The number of nitriles is 1. The van der Waals surface area contributed by atoms with E-state index in [9.17, 15) is 9.59 Å². The molecule has 110 valence electrons. The molecule has 1 amide bonds. The van der Waals surface area contributed by atoms with Crippen LogP contribution in [-0.2, 0) is 9.53 Å². The predicted octanol–water partition coefficient (Wildman–Crippen LogP) is 2.12. The third-order valence-corrected chi connectivity index (χ3v) is 3.56. The molecule has 0 saturated carbocycles. The maximum absolute atomic E-state index is 12.6. The minimum Gasteiger partial charge on any atom is -0.464 e. The van der Waals surface area contributed by atoms with Gasteiger partial charge in [0.15, 0.2) is 0 Å². The topological polar surface area (TPSA) is 70.4 Å². The Balaban J connectivity index is 2.22. The van der Waals surface area contributed by atoms with Crippen molar-refractivity contribution >= 4 is 11.9 Å². The Morgan fingerprint density at radius 1 is 1.43 bits per heavy atom. The number of rotatable bonds is 3. The fourth-order valence-corrected chi connectivity index (χ4v) is 2.55. The highest BCUT2D eigenvalue weighted by Gasteiger charge is 2.33.